The maximum absolute atomic E-state index is 5.85. The summed E-state index contributed by atoms with van der Waals surface area (Å²) in [5.41, 5.74) is 8.35. The smallest absolute Gasteiger partial charge is 0.266 e. The molecule has 0 amide bonds. The second-order valence-corrected chi connectivity index (χ2v) is 4.54. The molecular weight excluding hydrogens is 286 g/mol. The van der Waals surface area contributed by atoms with E-state index in [1.54, 1.807) is 6.07 Å². The van der Waals surface area contributed by atoms with E-state index in [4.69, 9.17) is 14.6 Å². The first-order valence-corrected chi connectivity index (χ1v) is 5.70. The molecule has 5 nitrogen and oxygen atoms in total. The van der Waals surface area contributed by atoms with Crippen LogP contribution in [0.3, 0.4) is 0 Å². The van der Waals surface area contributed by atoms with E-state index in [0.29, 0.717) is 28.4 Å². The third-order valence-corrected chi connectivity index (χ3v) is 2.88. The highest BCUT2D eigenvalue weighted by Crippen LogP contribution is 2.31. The van der Waals surface area contributed by atoms with Crippen LogP contribution in [0.5, 0.6) is 0 Å². The highest BCUT2D eigenvalue weighted by molar-refractivity contribution is 9.10. The van der Waals surface area contributed by atoms with Crippen molar-refractivity contribution >= 4 is 32.7 Å². The minimum Gasteiger partial charge on any atom is -0.438 e. The molecule has 0 unspecified atom stereocenters. The van der Waals surface area contributed by atoms with Crippen LogP contribution in [0.25, 0.3) is 22.8 Å². The number of hydrogen-bond donors (Lipinski definition) is 1. The Kier molecular flexibility index (Phi) is 2.19. The lowest BCUT2D eigenvalue weighted by Gasteiger charge is -1.93. The molecule has 2 heterocycles. The fourth-order valence-electron chi connectivity index (χ4n) is 1.63. The normalized spacial score (nSPS) is 11.2. The Morgan fingerprint density at radius 3 is 2.88 bits per heavy atom. The summed E-state index contributed by atoms with van der Waals surface area (Å²) in [5.74, 6) is 0.913. The first-order valence-electron chi connectivity index (χ1n) is 4.91. The Labute approximate surface area is 105 Å². The summed E-state index contributed by atoms with van der Waals surface area (Å²) < 4.78 is 11.7. The molecule has 2 aromatic heterocycles. The number of nitrogens with two attached hydrogens (primary N) is 1. The Bertz CT molecular complexity index is 702. The zero-order chi connectivity index (χ0) is 12.0. The molecule has 0 spiro atoms. The van der Waals surface area contributed by atoms with Crippen LogP contribution in [0.15, 0.2) is 31.8 Å². The summed E-state index contributed by atoms with van der Waals surface area (Å²) in [4.78, 5) is 8.32. The fraction of sp³-hybridized carbons (Fsp3) is 0.0909. The van der Waals surface area contributed by atoms with Gasteiger partial charge >= 0.3 is 0 Å². The molecule has 3 aromatic rings. The van der Waals surface area contributed by atoms with E-state index in [1.165, 1.54) is 6.39 Å². The topological polar surface area (TPSA) is 78.1 Å². The predicted octanol–water partition coefficient (Wildman–Crippen LogP) is 3.14. The van der Waals surface area contributed by atoms with Gasteiger partial charge in [-0.1, -0.05) is 15.9 Å². The van der Waals surface area contributed by atoms with Gasteiger partial charge in [0.1, 0.15) is 5.52 Å². The lowest BCUT2D eigenvalue weighted by molar-refractivity contribution is 0.529. The number of oxazole rings is 2. The molecule has 3 rings (SSSR count). The number of anilines is 1. The third kappa shape index (κ3) is 1.61. The van der Waals surface area contributed by atoms with Crippen molar-refractivity contribution in [1.82, 2.24) is 9.97 Å². The van der Waals surface area contributed by atoms with Gasteiger partial charge in [-0.05, 0) is 19.1 Å². The van der Waals surface area contributed by atoms with Gasteiger partial charge in [0, 0.05) is 4.47 Å². The van der Waals surface area contributed by atoms with Crippen LogP contribution in [0, 0.1) is 6.92 Å². The van der Waals surface area contributed by atoms with Gasteiger partial charge in [0.05, 0.1) is 11.4 Å². The summed E-state index contributed by atoms with van der Waals surface area (Å²) in [6, 6.07) is 3.61. The van der Waals surface area contributed by atoms with E-state index in [9.17, 15) is 0 Å². The standard InChI is InChI=1S/C11H8BrN3O2/c1-5-9(16-4-14-5)11-15-8-3-6(12)2-7(13)10(8)17-11/h2-4H,13H2,1H3. The number of fused-ring (bicyclic) bond motifs is 1. The number of halogens is 1. The van der Waals surface area contributed by atoms with Gasteiger partial charge < -0.3 is 14.6 Å². The first-order chi connectivity index (χ1) is 8.15. The Morgan fingerprint density at radius 1 is 1.35 bits per heavy atom. The van der Waals surface area contributed by atoms with Gasteiger partial charge in [-0.3, -0.25) is 0 Å². The molecular formula is C11H8BrN3O2. The van der Waals surface area contributed by atoms with Crippen molar-refractivity contribution in [3.63, 3.8) is 0 Å². The molecule has 0 aliphatic heterocycles. The predicted molar refractivity (Wildman–Crippen MR) is 66.4 cm³/mol. The zero-order valence-corrected chi connectivity index (χ0v) is 10.5. The number of nitrogens with zero attached hydrogens (tertiary/aromatic N) is 2. The molecule has 6 heteroatoms. The third-order valence-electron chi connectivity index (χ3n) is 2.42. The quantitative estimate of drug-likeness (QED) is 0.697. The highest BCUT2D eigenvalue weighted by Gasteiger charge is 2.16. The van der Waals surface area contributed by atoms with E-state index in [1.807, 2.05) is 13.0 Å². The molecule has 0 aliphatic rings. The van der Waals surface area contributed by atoms with Crippen molar-refractivity contribution in [1.29, 1.82) is 0 Å². The Hall–Kier alpha value is -1.82. The van der Waals surface area contributed by atoms with Crippen molar-refractivity contribution in [3.8, 4) is 11.7 Å². The lowest BCUT2D eigenvalue weighted by atomic mass is 10.3. The van der Waals surface area contributed by atoms with Crippen molar-refractivity contribution in [2.24, 2.45) is 0 Å². The molecule has 0 saturated heterocycles. The van der Waals surface area contributed by atoms with Gasteiger partial charge in [0.2, 0.25) is 5.76 Å². The molecule has 0 radical (unpaired) electrons. The average molecular weight is 294 g/mol. The maximum atomic E-state index is 5.85. The van der Waals surface area contributed by atoms with E-state index in [-0.39, 0.29) is 0 Å². The second-order valence-electron chi connectivity index (χ2n) is 3.63. The molecule has 0 saturated carbocycles. The largest absolute Gasteiger partial charge is 0.438 e. The molecule has 0 aliphatic carbocycles. The van der Waals surface area contributed by atoms with Crippen molar-refractivity contribution in [2.75, 3.05) is 5.73 Å². The van der Waals surface area contributed by atoms with E-state index in [0.717, 1.165) is 10.2 Å². The number of benzene rings is 1. The maximum Gasteiger partial charge on any atom is 0.266 e. The van der Waals surface area contributed by atoms with Crippen LogP contribution in [0.4, 0.5) is 5.69 Å². The van der Waals surface area contributed by atoms with E-state index < -0.39 is 0 Å². The lowest BCUT2D eigenvalue weighted by Crippen LogP contribution is -1.84. The second kappa shape index (κ2) is 3.59. The summed E-state index contributed by atoms with van der Waals surface area (Å²) >= 11 is 3.36. The minimum atomic E-state index is 0.389. The SMILES string of the molecule is Cc1ncoc1-c1nc2cc(Br)cc(N)c2o1. The summed E-state index contributed by atoms with van der Waals surface area (Å²) in [7, 11) is 0. The number of nitrogen functional groups attached to an aromatic ring is 1. The molecule has 0 atom stereocenters. The van der Waals surface area contributed by atoms with Gasteiger partial charge in [-0.15, -0.1) is 0 Å². The highest BCUT2D eigenvalue weighted by atomic mass is 79.9. The average Bonchev–Trinajstić information content (AvgIpc) is 2.83. The van der Waals surface area contributed by atoms with Gasteiger partial charge in [0.25, 0.3) is 5.89 Å². The molecule has 0 bridgehead atoms. The fourth-order valence-corrected chi connectivity index (χ4v) is 2.09. The van der Waals surface area contributed by atoms with Crippen LogP contribution in [-0.4, -0.2) is 9.97 Å². The summed E-state index contributed by atoms with van der Waals surface area (Å²) in [5, 5.41) is 0. The van der Waals surface area contributed by atoms with Crippen LogP contribution in [-0.2, 0) is 0 Å². The number of aryl methyl sites for hydroxylation is 1. The molecule has 1 aromatic carbocycles. The first kappa shape index (κ1) is 10.3. The number of aromatic nitrogens is 2. The molecule has 0 fully saturated rings. The number of rotatable bonds is 1. The minimum absolute atomic E-state index is 0.389. The molecule has 2 N–H and O–H groups in total. The van der Waals surface area contributed by atoms with E-state index >= 15 is 0 Å². The van der Waals surface area contributed by atoms with Crippen LogP contribution < -0.4 is 5.73 Å². The van der Waals surface area contributed by atoms with Crippen molar-refractivity contribution in [3.05, 3.63) is 28.7 Å². The monoisotopic (exact) mass is 293 g/mol. The van der Waals surface area contributed by atoms with Crippen molar-refractivity contribution < 1.29 is 8.83 Å². The van der Waals surface area contributed by atoms with Crippen LogP contribution in [0.1, 0.15) is 5.69 Å². The van der Waals surface area contributed by atoms with Crippen molar-refractivity contribution in [2.45, 2.75) is 6.92 Å². The van der Waals surface area contributed by atoms with Gasteiger partial charge in [0.15, 0.2) is 12.0 Å². The Morgan fingerprint density at radius 2 is 2.18 bits per heavy atom. The van der Waals surface area contributed by atoms with Gasteiger partial charge in [-0.25, -0.2) is 9.97 Å². The van der Waals surface area contributed by atoms with Crippen LogP contribution >= 0.6 is 15.9 Å². The number of hydrogen-bond acceptors (Lipinski definition) is 5. The zero-order valence-electron chi connectivity index (χ0n) is 8.90. The summed E-state index contributed by atoms with van der Waals surface area (Å²) in [6.07, 6.45) is 1.36. The van der Waals surface area contributed by atoms with Crippen LogP contribution in [0.2, 0.25) is 0 Å². The Balaban J connectivity index is 2.27. The molecule has 17 heavy (non-hydrogen) atoms. The van der Waals surface area contributed by atoms with E-state index in [2.05, 4.69) is 25.9 Å². The molecule has 86 valence electrons. The van der Waals surface area contributed by atoms with Gasteiger partial charge in [-0.2, -0.15) is 0 Å². The summed E-state index contributed by atoms with van der Waals surface area (Å²) in [6.45, 7) is 1.83.